The van der Waals surface area contributed by atoms with E-state index in [9.17, 15) is 37.5 Å². The highest BCUT2D eigenvalue weighted by Gasteiger charge is 2.44. The first kappa shape index (κ1) is 48.8. The number of aryl methyl sites for hydroxylation is 1. The van der Waals surface area contributed by atoms with Crippen LogP contribution in [0.5, 0.6) is 0 Å². The molecule has 16 heteroatoms. The molecule has 2 amide bonds. The molecule has 1 aliphatic rings. The number of amides is 2. The number of unbranched alkanes of at least 4 members (excludes halogenated alkanes) is 2. The van der Waals surface area contributed by atoms with E-state index in [1.54, 1.807) is 17.4 Å². The van der Waals surface area contributed by atoms with E-state index in [-0.39, 0.29) is 68.0 Å². The van der Waals surface area contributed by atoms with Crippen LogP contribution in [0.25, 0.3) is 10.4 Å². The van der Waals surface area contributed by atoms with E-state index in [2.05, 4.69) is 20.9 Å². The molecule has 11 nitrogen and oxygen atoms in total. The van der Waals surface area contributed by atoms with Crippen molar-refractivity contribution in [2.24, 2.45) is 11.3 Å². The number of aliphatic hydroxyl groups excluding tert-OH is 1. The maximum Gasteiger partial charge on any atom is 0.243 e. The zero-order valence-corrected chi connectivity index (χ0v) is 38.5. The quantitative estimate of drug-likeness (QED) is 0.0346. The van der Waals surface area contributed by atoms with Gasteiger partial charge in [0.1, 0.15) is 24.2 Å². The fraction of sp³-hybridized carbons (Fsp3) is 0.457. The molecule has 3 aromatic carbocycles. The van der Waals surface area contributed by atoms with Gasteiger partial charge in [-0.1, -0.05) is 51.5 Å². The number of hydrogen-bond acceptors (Lipinski definition) is 10. The van der Waals surface area contributed by atoms with Gasteiger partial charge < -0.3 is 30.7 Å². The number of anilines is 2. The highest BCUT2D eigenvalue weighted by Crippen LogP contribution is 2.34. The largest absolute Gasteiger partial charge is 0.391 e. The summed E-state index contributed by atoms with van der Waals surface area (Å²) < 4.78 is 49.3. The fourth-order valence-corrected chi connectivity index (χ4v) is 8.57. The van der Waals surface area contributed by atoms with Gasteiger partial charge in [-0.2, -0.15) is 0 Å². The topological polar surface area (TPSA) is 150 Å². The monoisotopic (exact) mass is 989 g/mol. The molecule has 62 heavy (non-hydrogen) atoms. The third-order valence-corrected chi connectivity index (χ3v) is 12.5. The first-order chi connectivity index (χ1) is 29.5. The molecule has 334 valence electrons. The Morgan fingerprint density at radius 2 is 1.73 bits per heavy atom. The molecule has 0 radical (unpaired) electrons. The van der Waals surface area contributed by atoms with Crippen molar-refractivity contribution >= 4 is 68.7 Å². The van der Waals surface area contributed by atoms with Crippen molar-refractivity contribution in [2.45, 2.75) is 91.3 Å². The Morgan fingerprint density at radius 3 is 2.42 bits per heavy atom. The van der Waals surface area contributed by atoms with Gasteiger partial charge in [0, 0.05) is 54.0 Å². The number of carbonyl (C=O) groups excluding carboxylic acids is 4. The van der Waals surface area contributed by atoms with Crippen molar-refractivity contribution in [1.29, 1.82) is 0 Å². The average Bonchev–Trinajstić information content (AvgIpc) is 3.85. The van der Waals surface area contributed by atoms with Crippen LogP contribution in [-0.2, 0) is 25.7 Å². The molecule has 1 saturated heterocycles. The summed E-state index contributed by atoms with van der Waals surface area (Å²) >= 11 is 3.49. The van der Waals surface area contributed by atoms with E-state index < -0.39 is 52.4 Å². The number of aromatic nitrogens is 1. The number of benzene rings is 3. The number of halogens is 4. The molecule has 4 aromatic rings. The van der Waals surface area contributed by atoms with Crippen molar-refractivity contribution in [3.05, 3.63) is 98.0 Å². The summed E-state index contributed by atoms with van der Waals surface area (Å²) in [5.74, 6) is -5.05. The first-order valence-corrected chi connectivity index (χ1v) is 22.8. The summed E-state index contributed by atoms with van der Waals surface area (Å²) in [6, 6.07) is 13.2. The second-order valence-electron chi connectivity index (χ2n) is 16.7. The van der Waals surface area contributed by atoms with E-state index in [1.165, 1.54) is 17.0 Å². The summed E-state index contributed by atoms with van der Waals surface area (Å²) in [6.45, 7) is 9.18. The Morgan fingerprint density at radius 1 is 0.984 bits per heavy atom. The van der Waals surface area contributed by atoms with Gasteiger partial charge in [-0.05, 0) is 109 Å². The maximum atomic E-state index is 14.7. The predicted molar refractivity (Wildman–Crippen MR) is 243 cm³/mol. The van der Waals surface area contributed by atoms with Crippen LogP contribution in [0.4, 0.5) is 24.5 Å². The number of likely N-dealkylation sites (tertiary alicyclic amines) is 1. The Balaban J connectivity index is 0.981. The van der Waals surface area contributed by atoms with E-state index in [1.807, 2.05) is 80.1 Å². The van der Waals surface area contributed by atoms with Crippen molar-refractivity contribution in [3.63, 3.8) is 0 Å². The van der Waals surface area contributed by atoms with Gasteiger partial charge in [-0.15, -0.1) is 11.3 Å². The van der Waals surface area contributed by atoms with Gasteiger partial charge in [-0.3, -0.25) is 19.2 Å². The highest BCUT2D eigenvalue weighted by atomic mass is 127. The number of ketones is 2. The lowest BCUT2D eigenvalue weighted by atomic mass is 9.76. The summed E-state index contributed by atoms with van der Waals surface area (Å²) in [4.78, 5) is 60.3. The second kappa shape index (κ2) is 22.9. The van der Waals surface area contributed by atoms with Crippen molar-refractivity contribution in [1.82, 2.24) is 20.5 Å². The standard InChI is InChI=1S/C46H55F3IN5O6S/c1-28-43(62-27-53-28)30-12-10-29(11-13-30)24-52-44(59)39-23-33(57)25-55(39)45(60)35(46(2,3)4)22-32(56)9-6-5-7-18-51-19-8-20-61-26-40(58)34-15-16-36(47)41(49)42(34)54-38-17-14-31(50)21-37(38)48/h10-17,21,27,33,35,39,51,54,57H,5-9,18-20,22-26H2,1-4H3,(H,52,59)/t33-,35-,39+/m1/s1. The lowest BCUT2D eigenvalue weighted by molar-refractivity contribution is -0.146. The van der Waals surface area contributed by atoms with Crippen LogP contribution in [-0.4, -0.2) is 83.4 Å². The summed E-state index contributed by atoms with van der Waals surface area (Å²) in [5, 5.41) is 19.3. The van der Waals surface area contributed by atoms with Crippen molar-refractivity contribution in [2.75, 3.05) is 38.2 Å². The zero-order chi connectivity index (χ0) is 45.0. The number of hydrogen-bond donors (Lipinski definition) is 4. The van der Waals surface area contributed by atoms with E-state index in [0.717, 1.165) is 46.7 Å². The number of Topliss-reactive ketones (excluding diaryl/α,β-unsaturated/α-hetero) is 2. The van der Waals surface area contributed by atoms with Crippen LogP contribution in [0.2, 0.25) is 0 Å². The van der Waals surface area contributed by atoms with Crippen LogP contribution in [0.15, 0.2) is 60.1 Å². The minimum Gasteiger partial charge on any atom is -0.391 e. The molecule has 1 aromatic heterocycles. The lowest BCUT2D eigenvalue weighted by Gasteiger charge is -2.34. The Hall–Kier alpha value is -4.23. The van der Waals surface area contributed by atoms with Gasteiger partial charge in [0.25, 0.3) is 0 Å². The molecule has 5 rings (SSSR count). The molecule has 0 unspecified atom stereocenters. The van der Waals surface area contributed by atoms with E-state index in [0.29, 0.717) is 35.9 Å². The third-order valence-electron chi connectivity index (χ3n) is 10.8. The fourth-order valence-electron chi connectivity index (χ4n) is 7.31. The molecular weight excluding hydrogens is 934 g/mol. The summed E-state index contributed by atoms with van der Waals surface area (Å²) in [7, 11) is 0. The molecule has 1 aliphatic heterocycles. The lowest BCUT2D eigenvalue weighted by Crippen LogP contribution is -2.50. The number of ether oxygens (including phenoxy) is 1. The highest BCUT2D eigenvalue weighted by molar-refractivity contribution is 14.1. The molecule has 0 spiro atoms. The molecular formula is C46H55F3IN5O6S. The Bertz CT molecular complexity index is 2180. The molecule has 1 fully saturated rings. The number of carbonyl (C=O) groups is 4. The molecule has 4 N–H and O–H groups in total. The number of aliphatic hydroxyl groups is 1. The Labute approximate surface area is 378 Å². The average molecular weight is 990 g/mol. The molecule has 0 bridgehead atoms. The van der Waals surface area contributed by atoms with Crippen molar-refractivity contribution in [3.8, 4) is 10.4 Å². The van der Waals surface area contributed by atoms with E-state index >= 15 is 0 Å². The van der Waals surface area contributed by atoms with Gasteiger partial charge in [-0.25, -0.2) is 18.2 Å². The zero-order valence-electron chi connectivity index (χ0n) is 35.5. The number of thiazole rings is 1. The molecule has 2 heterocycles. The normalized spacial score (nSPS) is 15.7. The van der Waals surface area contributed by atoms with Crippen LogP contribution in [0.1, 0.15) is 87.3 Å². The SMILES string of the molecule is Cc1ncsc1-c1ccc(CNC(=O)[C@@H]2C[C@@H](O)CN2C(=O)[C@@H](CC(=O)CCCCCNCCCOCC(=O)c2ccc(F)c(F)c2Nc2ccc(I)cc2F)C(C)(C)C)cc1. The van der Waals surface area contributed by atoms with Gasteiger partial charge in [0.15, 0.2) is 17.4 Å². The van der Waals surface area contributed by atoms with Crippen LogP contribution >= 0.6 is 33.9 Å². The summed E-state index contributed by atoms with van der Waals surface area (Å²) in [5.41, 5.74) is 3.45. The molecule has 3 atom stereocenters. The third kappa shape index (κ3) is 13.6. The van der Waals surface area contributed by atoms with Crippen LogP contribution < -0.4 is 16.0 Å². The van der Waals surface area contributed by atoms with Crippen molar-refractivity contribution < 1.29 is 42.2 Å². The molecule has 0 aliphatic carbocycles. The van der Waals surface area contributed by atoms with Gasteiger partial charge in [0.05, 0.1) is 33.6 Å². The van der Waals surface area contributed by atoms with Gasteiger partial charge in [0.2, 0.25) is 11.8 Å². The smallest absolute Gasteiger partial charge is 0.243 e. The van der Waals surface area contributed by atoms with Gasteiger partial charge >= 0.3 is 0 Å². The first-order valence-electron chi connectivity index (χ1n) is 20.8. The van der Waals surface area contributed by atoms with E-state index in [4.69, 9.17) is 4.74 Å². The number of β-amino-alcohol motifs (C(OH)–C–C–N with tert-alkyl or cyclic N) is 1. The van der Waals surface area contributed by atoms with Crippen LogP contribution in [0, 0.1) is 39.3 Å². The van der Waals surface area contributed by atoms with Crippen LogP contribution in [0.3, 0.4) is 0 Å². The summed E-state index contributed by atoms with van der Waals surface area (Å²) in [6.07, 6.45) is 2.52. The maximum absolute atomic E-state index is 14.7. The molecule has 0 saturated carbocycles. The Kier molecular flexibility index (Phi) is 18.0. The predicted octanol–water partition coefficient (Wildman–Crippen LogP) is 8.52. The number of rotatable bonds is 22. The minimum absolute atomic E-state index is 0.0241. The minimum atomic E-state index is -1.29. The second-order valence-corrected chi connectivity index (χ2v) is 18.8. The number of nitrogens with zero attached hydrogens (tertiary/aromatic N) is 2. The number of nitrogens with one attached hydrogen (secondary N) is 3.